The molecule has 2 rings (SSSR count). The molecule has 3 N–H and O–H groups in total. The van der Waals surface area contributed by atoms with Gasteiger partial charge in [0.1, 0.15) is 12.3 Å². The van der Waals surface area contributed by atoms with Gasteiger partial charge in [0.2, 0.25) is 0 Å². The number of rotatable bonds is 3. The summed E-state index contributed by atoms with van der Waals surface area (Å²) in [5.74, 6) is 0. The molecule has 1 aromatic carbocycles. The molecule has 1 aromatic heterocycles. The van der Waals surface area contributed by atoms with E-state index in [9.17, 15) is 14.4 Å². The zero-order chi connectivity index (χ0) is 14.5. The van der Waals surface area contributed by atoms with E-state index < -0.39 is 17.3 Å². The fraction of sp³-hybridized carbons (Fsp3) is 0.154. The zero-order valence-electron chi connectivity index (χ0n) is 10.7. The van der Waals surface area contributed by atoms with Crippen molar-refractivity contribution in [1.82, 2.24) is 9.97 Å². The lowest BCUT2D eigenvalue weighted by Crippen LogP contribution is -2.28. The Morgan fingerprint density at radius 1 is 1.20 bits per heavy atom. The highest BCUT2D eigenvalue weighted by Gasteiger charge is 2.10. The Kier molecular flexibility index (Phi) is 3.99. The van der Waals surface area contributed by atoms with Crippen LogP contribution in [0.4, 0.5) is 10.5 Å². The quantitative estimate of drug-likeness (QED) is 0.780. The Morgan fingerprint density at radius 3 is 2.55 bits per heavy atom. The van der Waals surface area contributed by atoms with Crippen LogP contribution < -0.4 is 16.6 Å². The minimum Gasteiger partial charge on any atom is -0.444 e. The SMILES string of the molecule is Cc1[nH]c(=O)[nH]c(=O)c1NC(=O)OCc1ccccc1. The molecule has 7 nitrogen and oxygen atoms in total. The molecule has 7 heteroatoms. The summed E-state index contributed by atoms with van der Waals surface area (Å²) in [5, 5.41) is 2.30. The topological polar surface area (TPSA) is 104 Å². The van der Waals surface area contributed by atoms with Crippen molar-refractivity contribution < 1.29 is 9.53 Å². The van der Waals surface area contributed by atoms with Crippen LogP contribution in [-0.2, 0) is 11.3 Å². The van der Waals surface area contributed by atoms with Crippen molar-refractivity contribution in [2.45, 2.75) is 13.5 Å². The highest BCUT2D eigenvalue weighted by molar-refractivity contribution is 5.84. The Balaban J connectivity index is 2.02. The van der Waals surface area contributed by atoms with Crippen LogP contribution in [0.5, 0.6) is 0 Å². The molecule has 0 aliphatic rings. The van der Waals surface area contributed by atoms with E-state index in [0.29, 0.717) is 0 Å². The summed E-state index contributed by atoms with van der Waals surface area (Å²) in [6.45, 7) is 1.59. The van der Waals surface area contributed by atoms with E-state index >= 15 is 0 Å². The molecule has 20 heavy (non-hydrogen) atoms. The summed E-state index contributed by atoms with van der Waals surface area (Å²) in [4.78, 5) is 38.5. The first-order valence-electron chi connectivity index (χ1n) is 5.87. The van der Waals surface area contributed by atoms with Crippen molar-refractivity contribution in [3.05, 3.63) is 62.4 Å². The van der Waals surface area contributed by atoms with Crippen LogP contribution in [-0.4, -0.2) is 16.1 Å². The summed E-state index contributed by atoms with van der Waals surface area (Å²) in [5.41, 5.74) is -0.258. The van der Waals surface area contributed by atoms with E-state index in [-0.39, 0.29) is 18.0 Å². The molecule has 104 valence electrons. The van der Waals surface area contributed by atoms with E-state index in [2.05, 4.69) is 10.3 Å². The van der Waals surface area contributed by atoms with Gasteiger partial charge in [0, 0.05) is 5.69 Å². The maximum absolute atomic E-state index is 11.6. The third kappa shape index (κ3) is 3.35. The van der Waals surface area contributed by atoms with Crippen molar-refractivity contribution in [1.29, 1.82) is 0 Å². The second-order valence-electron chi connectivity index (χ2n) is 4.09. The minimum atomic E-state index is -0.769. The van der Waals surface area contributed by atoms with E-state index in [1.54, 1.807) is 0 Å². The van der Waals surface area contributed by atoms with Crippen LogP contribution in [0.3, 0.4) is 0 Å². The first kappa shape index (κ1) is 13.6. The molecule has 0 saturated carbocycles. The van der Waals surface area contributed by atoms with Gasteiger partial charge in [-0.2, -0.15) is 0 Å². The lowest BCUT2D eigenvalue weighted by atomic mass is 10.2. The summed E-state index contributed by atoms with van der Waals surface area (Å²) in [7, 11) is 0. The third-order valence-corrected chi connectivity index (χ3v) is 2.57. The van der Waals surface area contributed by atoms with Crippen molar-refractivity contribution >= 4 is 11.8 Å². The molecule has 2 aromatic rings. The molecule has 0 atom stereocenters. The monoisotopic (exact) mass is 275 g/mol. The fourth-order valence-corrected chi connectivity index (χ4v) is 1.61. The molecular formula is C13H13N3O4. The van der Waals surface area contributed by atoms with Gasteiger partial charge in [0.15, 0.2) is 0 Å². The maximum Gasteiger partial charge on any atom is 0.412 e. The number of carbonyl (C=O) groups excluding carboxylic acids is 1. The molecule has 0 aliphatic carbocycles. The molecule has 0 fully saturated rings. The molecule has 0 radical (unpaired) electrons. The van der Waals surface area contributed by atoms with Crippen LogP contribution in [0.1, 0.15) is 11.3 Å². The Hall–Kier alpha value is -2.83. The maximum atomic E-state index is 11.6. The van der Waals surface area contributed by atoms with E-state index in [4.69, 9.17) is 4.74 Å². The number of aromatic amines is 2. The van der Waals surface area contributed by atoms with Crippen molar-refractivity contribution in [2.75, 3.05) is 5.32 Å². The number of benzene rings is 1. The Morgan fingerprint density at radius 2 is 1.90 bits per heavy atom. The number of ether oxygens (including phenoxy) is 1. The molecule has 0 saturated heterocycles. The van der Waals surface area contributed by atoms with Crippen molar-refractivity contribution in [2.24, 2.45) is 0 Å². The van der Waals surface area contributed by atoms with Gasteiger partial charge in [-0.25, -0.2) is 9.59 Å². The summed E-state index contributed by atoms with van der Waals surface area (Å²) in [6, 6.07) is 9.13. The van der Waals surface area contributed by atoms with Crippen LogP contribution >= 0.6 is 0 Å². The number of anilines is 1. The number of hydrogen-bond donors (Lipinski definition) is 3. The molecule has 0 aliphatic heterocycles. The molecular weight excluding hydrogens is 262 g/mol. The van der Waals surface area contributed by atoms with Gasteiger partial charge in [-0.15, -0.1) is 0 Å². The predicted octanol–water partition coefficient (Wildman–Crippen LogP) is 1.12. The van der Waals surface area contributed by atoms with E-state index in [0.717, 1.165) is 5.56 Å². The highest BCUT2D eigenvalue weighted by Crippen LogP contribution is 2.05. The van der Waals surface area contributed by atoms with Crippen molar-refractivity contribution in [3.63, 3.8) is 0 Å². The first-order chi connectivity index (χ1) is 9.56. The standard InChI is InChI=1S/C13H13N3O4/c1-8-10(11(17)16-12(18)14-8)15-13(19)20-7-9-5-3-2-4-6-9/h2-6H,7H2,1H3,(H,15,19)(H2,14,16,17,18). The van der Waals surface area contributed by atoms with Crippen molar-refractivity contribution in [3.8, 4) is 0 Å². The number of hydrogen-bond acceptors (Lipinski definition) is 4. The minimum absolute atomic E-state index is 0.0392. The molecule has 1 heterocycles. The number of aromatic nitrogens is 2. The normalized spacial score (nSPS) is 10.1. The van der Waals surface area contributed by atoms with Crippen LogP contribution in [0.15, 0.2) is 39.9 Å². The highest BCUT2D eigenvalue weighted by atomic mass is 16.5. The largest absolute Gasteiger partial charge is 0.444 e. The van der Waals surface area contributed by atoms with Gasteiger partial charge in [-0.3, -0.25) is 15.1 Å². The second-order valence-corrected chi connectivity index (χ2v) is 4.09. The number of nitrogens with one attached hydrogen (secondary N) is 3. The Labute approximate surface area is 113 Å². The van der Waals surface area contributed by atoms with Gasteiger partial charge in [-0.05, 0) is 12.5 Å². The lowest BCUT2D eigenvalue weighted by Gasteiger charge is -2.07. The third-order valence-electron chi connectivity index (χ3n) is 2.57. The summed E-state index contributed by atoms with van der Waals surface area (Å²) in [6.07, 6.45) is -0.769. The fourth-order valence-electron chi connectivity index (χ4n) is 1.61. The second kappa shape index (κ2) is 5.87. The smallest absolute Gasteiger partial charge is 0.412 e. The zero-order valence-corrected chi connectivity index (χ0v) is 10.7. The average molecular weight is 275 g/mol. The van der Waals surface area contributed by atoms with Crippen LogP contribution in [0.25, 0.3) is 0 Å². The van der Waals surface area contributed by atoms with E-state index in [1.165, 1.54) is 6.92 Å². The van der Waals surface area contributed by atoms with Crippen LogP contribution in [0, 0.1) is 6.92 Å². The lowest BCUT2D eigenvalue weighted by molar-refractivity contribution is 0.155. The van der Waals surface area contributed by atoms with Gasteiger partial charge in [0.05, 0.1) is 0 Å². The number of H-pyrrole nitrogens is 2. The summed E-state index contributed by atoms with van der Waals surface area (Å²) >= 11 is 0. The van der Waals surface area contributed by atoms with Crippen LogP contribution in [0.2, 0.25) is 0 Å². The van der Waals surface area contributed by atoms with Gasteiger partial charge < -0.3 is 9.72 Å². The van der Waals surface area contributed by atoms with Gasteiger partial charge in [-0.1, -0.05) is 30.3 Å². The summed E-state index contributed by atoms with van der Waals surface area (Å²) < 4.78 is 4.98. The van der Waals surface area contributed by atoms with E-state index in [1.807, 2.05) is 35.3 Å². The number of aryl methyl sites for hydroxylation is 1. The molecule has 0 bridgehead atoms. The van der Waals surface area contributed by atoms with Gasteiger partial charge >= 0.3 is 11.8 Å². The molecule has 0 spiro atoms. The predicted molar refractivity (Wildman–Crippen MR) is 72.7 cm³/mol. The number of amides is 1. The first-order valence-corrected chi connectivity index (χ1v) is 5.87. The number of carbonyl (C=O) groups is 1. The Bertz CT molecular complexity index is 718. The average Bonchev–Trinajstić information content (AvgIpc) is 2.42. The molecule has 0 unspecified atom stereocenters. The van der Waals surface area contributed by atoms with Gasteiger partial charge in [0.25, 0.3) is 5.56 Å². The molecule has 1 amide bonds.